The third-order valence-electron chi connectivity index (χ3n) is 5.44. The fourth-order valence-electron chi connectivity index (χ4n) is 3.91. The van der Waals surface area contributed by atoms with Crippen molar-refractivity contribution in [3.63, 3.8) is 0 Å². The summed E-state index contributed by atoms with van der Waals surface area (Å²) in [5.74, 6) is -1.36. The minimum absolute atomic E-state index is 0.155. The molecule has 0 spiro atoms. The number of hydrogen-bond donors (Lipinski definition) is 1. The summed E-state index contributed by atoms with van der Waals surface area (Å²) in [6.45, 7) is 3.72. The Morgan fingerprint density at radius 2 is 2.07 bits per heavy atom. The largest absolute Gasteiger partial charge is 0.550 e. The van der Waals surface area contributed by atoms with Crippen LogP contribution in [0.5, 0.6) is 0 Å². The number of carbonyl (C=O) groups is 1. The van der Waals surface area contributed by atoms with Gasteiger partial charge in [-0.2, -0.15) is 0 Å². The molecule has 3 heterocycles. The van der Waals surface area contributed by atoms with Crippen LogP contribution < -0.4 is 10.7 Å². The van der Waals surface area contributed by atoms with Gasteiger partial charge in [-0.05, 0) is 37.1 Å². The van der Waals surface area contributed by atoms with Gasteiger partial charge in [-0.3, -0.25) is 4.79 Å². The van der Waals surface area contributed by atoms with Gasteiger partial charge < -0.3 is 19.6 Å². The van der Waals surface area contributed by atoms with Gasteiger partial charge in [0.25, 0.3) is 5.56 Å². The highest BCUT2D eigenvalue weighted by Crippen LogP contribution is 2.36. The van der Waals surface area contributed by atoms with Crippen molar-refractivity contribution in [1.82, 2.24) is 9.55 Å². The minimum Gasteiger partial charge on any atom is -0.550 e. The van der Waals surface area contributed by atoms with Crippen LogP contribution in [0.15, 0.2) is 41.2 Å². The summed E-state index contributed by atoms with van der Waals surface area (Å²) >= 11 is 0. The molecule has 0 radical (unpaired) electrons. The molecular weight excluding hydrogens is 344 g/mol. The fraction of sp³-hybridized carbons (Fsp3) is 0.286. The van der Waals surface area contributed by atoms with Crippen molar-refractivity contribution in [3.05, 3.63) is 63.4 Å². The van der Waals surface area contributed by atoms with E-state index in [9.17, 15) is 19.8 Å². The number of fused-ring (bicyclic) bond motifs is 4. The summed E-state index contributed by atoms with van der Waals surface area (Å²) in [5, 5.41) is 23.1. The zero-order chi connectivity index (χ0) is 19.3. The molecule has 138 valence electrons. The number of aromatic nitrogens is 2. The van der Waals surface area contributed by atoms with Crippen LogP contribution in [0.25, 0.3) is 22.3 Å². The van der Waals surface area contributed by atoms with Gasteiger partial charge in [0.15, 0.2) is 0 Å². The third-order valence-corrected chi connectivity index (χ3v) is 5.44. The van der Waals surface area contributed by atoms with Crippen molar-refractivity contribution in [2.45, 2.75) is 38.8 Å². The average molecular weight is 363 g/mol. The number of aliphatic hydroxyl groups is 1. The van der Waals surface area contributed by atoms with Gasteiger partial charge >= 0.3 is 0 Å². The molecule has 2 aromatic heterocycles. The molecule has 3 aromatic rings. The van der Waals surface area contributed by atoms with E-state index in [2.05, 4.69) is 0 Å². The van der Waals surface area contributed by atoms with Crippen molar-refractivity contribution in [3.8, 4) is 11.4 Å². The van der Waals surface area contributed by atoms with Gasteiger partial charge in [0.2, 0.25) is 0 Å². The number of nitrogens with zero attached hydrogens (tertiary/aromatic N) is 2. The Balaban J connectivity index is 1.97. The van der Waals surface area contributed by atoms with Crippen molar-refractivity contribution < 1.29 is 15.0 Å². The summed E-state index contributed by atoms with van der Waals surface area (Å²) < 4.78 is 1.63. The van der Waals surface area contributed by atoms with E-state index in [0.717, 1.165) is 16.5 Å². The van der Waals surface area contributed by atoms with Gasteiger partial charge in [0, 0.05) is 28.9 Å². The minimum atomic E-state index is -1.66. The molecule has 6 heteroatoms. The predicted molar refractivity (Wildman–Crippen MR) is 99.1 cm³/mol. The molecule has 1 unspecified atom stereocenters. The molecule has 6 nitrogen and oxygen atoms in total. The second kappa shape index (κ2) is 6.03. The first-order chi connectivity index (χ1) is 12.8. The van der Waals surface area contributed by atoms with Gasteiger partial charge in [0.1, 0.15) is 0 Å². The number of para-hydroxylation sites is 1. The summed E-state index contributed by atoms with van der Waals surface area (Å²) in [4.78, 5) is 28.8. The summed E-state index contributed by atoms with van der Waals surface area (Å²) in [7, 11) is 0. The summed E-state index contributed by atoms with van der Waals surface area (Å²) in [6, 6.07) is 11.4. The number of carbonyl (C=O) groups excluding carboxylic acids is 1. The number of rotatable bonds is 4. The molecule has 0 fully saturated rings. The number of hydrogen-bond acceptors (Lipinski definition) is 5. The lowest BCUT2D eigenvalue weighted by Gasteiger charge is -2.29. The van der Waals surface area contributed by atoms with E-state index in [1.807, 2.05) is 30.3 Å². The van der Waals surface area contributed by atoms with Crippen molar-refractivity contribution in [1.29, 1.82) is 0 Å². The highest BCUT2D eigenvalue weighted by molar-refractivity contribution is 5.84. The standard InChI is InChI=1S/C21H20N2O4/c1-3-21(27,10-18(24)25)15-9-17-19-14(11-23(17)20(26)12(15)2)8-13-6-4-5-7-16(13)22-19/h4-9,27H,3,10-11H2,1-2H3,(H,24,25)/p-1. The molecule has 0 saturated carbocycles. The van der Waals surface area contributed by atoms with Gasteiger partial charge in [-0.25, -0.2) is 4.98 Å². The maximum absolute atomic E-state index is 13.0. The average Bonchev–Trinajstić information content (AvgIpc) is 2.99. The molecular formula is C21H19N2O4-. The maximum atomic E-state index is 13.0. The molecule has 0 amide bonds. The monoisotopic (exact) mass is 363 g/mol. The first-order valence-electron chi connectivity index (χ1n) is 8.90. The van der Waals surface area contributed by atoms with Crippen molar-refractivity contribution in [2.24, 2.45) is 0 Å². The van der Waals surface area contributed by atoms with E-state index >= 15 is 0 Å². The molecule has 4 rings (SSSR count). The Kier molecular flexibility index (Phi) is 3.89. The summed E-state index contributed by atoms with van der Waals surface area (Å²) in [6.07, 6.45) is -0.409. The van der Waals surface area contributed by atoms with E-state index in [4.69, 9.17) is 4.98 Å². The maximum Gasteiger partial charge on any atom is 0.254 e. The number of benzene rings is 1. The molecule has 1 aromatic carbocycles. The topological polar surface area (TPSA) is 95.2 Å². The third kappa shape index (κ3) is 2.64. The first kappa shape index (κ1) is 17.4. The van der Waals surface area contributed by atoms with Crippen LogP contribution >= 0.6 is 0 Å². The van der Waals surface area contributed by atoms with Gasteiger partial charge in [0.05, 0.1) is 29.1 Å². The number of carboxylic acid groups (broad SMARTS) is 1. The van der Waals surface area contributed by atoms with Crippen molar-refractivity contribution >= 4 is 16.9 Å². The van der Waals surface area contributed by atoms with E-state index in [1.165, 1.54) is 0 Å². The second-order valence-electron chi connectivity index (χ2n) is 7.08. The van der Waals surface area contributed by atoms with E-state index in [-0.39, 0.29) is 12.0 Å². The van der Waals surface area contributed by atoms with Crippen LogP contribution in [0.4, 0.5) is 0 Å². The lowest BCUT2D eigenvalue weighted by Crippen LogP contribution is -2.37. The van der Waals surface area contributed by atoms with Crippen LogP contribution in [0.2, 0.25) is 0 Å². The van der Waals surface area contributed by atoms with Gasteiger partial charge in [-0.1, -0.05) is 25.1 Å². The number of pyridine rings is 2. The second-order valence-corrected chi connectivity index (χ2v) is 7.08. The lowest BCUT2D eigenvalue weighted by molar-refractivity contribution is -0.309. The molecule has 1 aliphatic heterocycles. The molecule has 0 aliphatic carbocycles. The number of carboxylic acids is 1. The normalized spacial score (nSPS) is 14.6. The highest BCUT2D eigenvalue weighted by atomic mass is 16.4. The van der Waals surface area contributed by atoms with Crippen LogP contribution in [0.3, 0.4) is 0 Å². The molecule has 0 bridgehead atoms. The van der Waals surface area contributed by atoms with Gasteiger partial charge in [-0.15, -0.1) is 0 Å². The Morgan fingerprint density at radius 3 is 2.78 bits per heavy atom. The molecule has 1 aliphatic rings. The molecule has 1 N–H and O–H groups in total. The van der Waals surface area contributed by atoms with Crippen LogP contribution in [-0.2, 0) is 16.9 Å². The molecule has 1 atom stereocenters. The lowest BCUT2D eigenvalue weighted by atomic mass is 9.85. The predicted octanol–water partition coefficient (Wildman–Crippen LogP) is 1.47. The van der Waals surface area contributed by atoms with E-state index in [1.54, 1.807) is 24.5 Å². The first-order valence-corrected chi connectivity index (χ1v) is 8.90. The summed E-state index contributed by atoms with van der Waals surface area (Å²) in [5.41, 5.74) is 1.83. The molecule has 0 saturated heterocycles. The van der Waals surface area contributed by atoms with Crippen molar-refractivity contribution in [2.75, 3.05) is 0 Å². The Hall–Kier alpha value is -2.99. The zero-order valence-corrected chi connectivity index (χ0v) is 15.2. The van der Waals surface area contributed by atoms with Crippen LogP contribution in [0, 0.1) is 6.92 Å². The quantitative estimate of drug-likeness (QED) is 0.592. The number of aliphatic carboxylic acids is 1. The molecule has 27 heavy (non-hydrogen) atoms. The Morgan fingerprint density at radius 1 is 1.33 bits per heavy atom. The van der Waals surface area contributed by atoms with Crippen LogP contribution in [0.1, 0.15) is 36.5 Å². The Labute approximate surface area is 155 Å². The Bertz CT molecular complexity index is 1150. The smallest absolute Gasteiger partial charge is 0.254 e. The highest BCUT2D eigenvalue weighted by Gasteiger charge is 2.33. The van der Waals surface area contributed by atoms with E-state index in [0.29, 0.717) is 29.1 Å². The zero-order valence-electron chi connectivity index (χ0n) is 15.2. The van der Waals surface area contributed by atoms with Crippen LogP contribution in [-0.4, -0.2) is 20.6 Å². The fourth-order valence-corrected chi connectivity index (χ4v) is 3.91. The van der Waals surface area contributed by atoms with E-state index < -0.39 is 18.0 Å². The SMILES string of the molecule is CCC(O)(CC(=O)[O-])c1cc2n(c(=O)c1C)Cc1cc3ccccc3nc1-2.